The lowest BCUT2D eigenvalue weighted by atomic mass is 10.1. The van der Waals surface area contributed by atoms with Crippen LogP contribution in [0.4, 0.5) is 16.3 Å². The monoisotopic (exact) mass is 367 g/mol. The van der Waals surface area contributed by atoms with Gasteiger partial charge in [-0.3, -0.25) is 10.3 Å². The number of aromatic nitrogens is 1. The normalized spacial score (nSPS) is 14.3. The van der Waals surface area contributed by atoms with Crippen molar-refractivity contribution in [2.24, 2.45) is 4.99 Å². The first kappa shape index (κ1) is 18.1. The molecule has 0 spiro atoms. The van der Waals surface area contributed by atoms with Crippen LogP contribution in [0, 0.1) is 0 Å². The van der Waals surface area contributed by atoms with Crippen LogP contribution in [0.1, 0.15) is 13.8 Å². The molecule has 0 fully saturated rings. The summed E-state index contributed by atoms with van der Waals surface area (Å²) in [6, 6.07) is 11.3. The van der Waals surface area contributed by atoms with Crippen molar-refractivity contribution in [1.82, 2.24) is 9.88 Å². The molecular formula is C19H22N5OP. The van der Waals surface area contributed by atoms with Crippen LogP contribution in [0.25, 0.3) is 11.3 Å². The predicted molar refractivity (Wildman–Crippen MR) is 111 cm³/mol. The molecule has 0 saturated carbocycles. The van der Waals surface area contributed by atoms with Crippen LogP contribution in [0.5, 0.6) is 0 Å². The molecule has 26 heavy (non-hydrogen) atoms. The maximum absolute atomic E-state index is 12.6. The molecule has 1 aromatic carbocycles. The van der Waals surface area contributed by atoms with Crippen molar-refractivity contribution in [3.05, 3.63) is 47.7 Å². The van der Waals surface area contributed by atoms with E-state index in [9.17, 15) is 4.79 Å². The van der Waals surface area contributed by atoms with Crippen molar-refractivity contribution < 1.29 is 4.79 Å². The zero-order chi connectivity index (χ0) is 18.7. The van der Waals surface area contributed by atoms with E-state index in [0.29, 0.717) is 24.6 Å². The fraction of sp³-hybridized carbons (Fsp3) is 0.211. The molecule has 0 bridgehead atoms. The quantitative estimate of drug-likeness (QED) is 0.646. The lowest BCUT2D eigenvalue weighted by Crippen LogP contribution is -2.34. The van der Waals surface area contributed by atoms with Gasteiger partial charge in [-0.1, -0.05) is 24.3 Å². The zero-order valence-electron chi connectivity index (χ0n) is 14.9. The summed E-state index contributed by atoms with van der Waals surface area (Å²) in [6.07, 6.45) is 1.74. The molecule has 1 aliphatic heterocycles. The first-order valence-electron chi connectivity index (χ1n) is 8.33. The first-order chi connectivity index (χ1) is 12.5. The van der Waals surface area contributed by atoms with E-state index in [2.05, 4.69) is 24.5 Å². The van der Waals surface area contributed by atoms with Gasteiger partial charge in [0.25, 0.3) is 0 Å². The number of nitrogens with zero attached hydrogens (tertiary/aromatic N) is 3. The van der Waals surface area contributed by atoms with Gasteiger partial charge in [-0.2, -0.15) is 0 Å². The topological polar surface area (TPSA) is 83.6 Å². The largest absolute Gasteiger partial charge is 0.396 e. The Morgan fingerprint density at radius 2 is 2.00 bits per heavy atom. The Kier molecular flexibility index (Phi) is 5.33. The minimum atomic E-state index is -0.234. The molecule has 3 rings (SSSR count). The van der Waals surface area contributed by atoms with Crippen LogP contribution in [0.15, 0.2) is 52.7 Å². The summed E-state index contributed by atoms with van der Waals surface area (Å²) in [5.74, 6) is 0.368. The van der Waals surface area contributed by atoms with E-state index in [0.717, 1.165) is 27.8 Å². The summed E-state index contributed by atoms with van der Waals surface area (Å²) in [7, 11) is 2.65. The van der Waals surface area contributed by atoms with Crippen LogP contribution in [-0.2, 0) is 0 Å². The summed E-state index contributed by atoms with van der Waals surface area (Å²) >= 11 is 0. The van der Waals surface area contributed by atoms with E-state index in [1.807, 2.05) is 44.2 Å². The van der Waals surface area contributed by atoms with Crippen molar-refractivity contribution in [2.45, 2.75) is 13.8 Å². The number of urea groups is 1. The molecule has 0 aliphatic carbocycles. The number of hydrogen-bond acceptors (Lipinski definition) is 4. The van der Waals surface area contributed by atoms with Gasteiger partial charge in [0.15, 0.2) is 5.82 Å². The Morgan fingerprint density at radius 3 is 2.69 bits per heavy atom. The molecule has 2 aromatic rings. The van der Waals surface area contributed by atoms with E-state index in [4.69, 9.17) is 5.73 Å². The number of amides is 2. The van der Waals surface area contributed by atoms with E-state index in [1.165, 1.54) is 0 Å². The molecule has 1 aromatic heterocycles. The smallest absolute Gasteiger partial charge is 0.323 e. The van der Waals surface area contributed by atoms with Gasteiger partial charge in [0.1, 0.15) is 0 Å². The van der Waals surface area contributed by atoms with Gasteiger partial charge in [0.05, 0.1) is 23.6 Å². The van der Waals surface area contributed by atoms with E-state index in [-0.39, 0.29) is 6.03 Å². The van der Waals surface area contributed by atoms with Crippen molar-refractivity contribution in [2.75, 3.05) is 24.1 Å². The fourth-order valence-electron chi connectivity index (χ4n) is 2.76. The zero-order valence-corrected chi connectivity index (χ0v) is 16.0. The second-order valence-corrected chi connectivity index (χ2v) is 6.82. The number of hydrogen-bond donors (Lipinski definition) is 2. The lowest BCUT2D eigenvalue weighted by Gasteiger charge is -2.18. The fourth-order valence-corrected chi connectivity index (χ4v) is 2.96. The molecular weight excluding hydrogens is 345 g/mol. The second kappa shape index (κ2) is 7.67. The molecule has 6 nitrogen and oxygen atoms in total. The summed E-state index contributed by atoms with van der Waals surface area (Å²) in [5.41, 5.74) is 10.2. The minimum absolute atomic E-state index is 0.234. The average molecular weight is 367 g/mol. The molecule has 0 saturated heterocycles. The van der Waals surface area contributed by atoms with Gasteiger partial charge in [-0.05, 0) is 36.9 Å². The van der Waals surface area contributed by atoms with Crippen LogP contribution < -0.4 is 16.4 Å². The maximum atomic E-state index is 12.6. The van der Waals surface area contributed by atoms with Gasteiger partial charge in [0.2, 0.25) is 0 Å². The predicted octanol–water partition coefficient (Wildman–Crippen LogP) is 3.04. The van der Waals surface area contributed by atoms with Crippen LogP contribution in [0.2, 0.25) is 0 Å². The Labute approximate surface area is 155 Å². The summed E-state index contributed by atoms with van der Waals surface area (Å²) in [6.45, 7) is 4.88. The third kappa shape index (κ3) is 3.92. The van der Waals surface area contributed by atoms with Crippen LogP contribution >= 0.6 is 9.24 Å². The van der Waals surface area contributed by atoms with Gasteiger partial charge < -0.3 is 10.6 Å². The van der Waals surface area contributed by atoms with Crippen LogP contribution in [0.3, 0.4) is 0 Å². The molecule has 134 valence electrons. The standard InChI is InChI=1S/C19H22N5OP/c1-3-21-17-11-24(10-12(17)2)19(25)23-18-15(20)8-9-16(22-18)13-4-6-14(26)7-5-13/h3-9H,10-11,20,26H2,1-2H3,(H,22,23,25)/b21-3-. The Hall–Kier alpha value is -2.72. The highest BCUT2D eigenvalue weighted by atomic mass is 31.0. The Morgan fingerprint density at radius 1 is 1.27 bits per heavy atom. The number of aliphatic imine (C=N–C) groups is 1. The number of pyridine rings is 1. The van der Waals surface area contributed by atoms with E-state index in [1.54, 1.807) is 17.2 Å². The van der Waals surface area contributed by atoms with Gasteiger partial charge >= 0.3 is 6.03 Å². The molecule has 2 amide bonds. The summed E-state index contributed by atoms with van der Waals surface area (Å²) in [5, 5.41) is 3.92. The number of rotatable bonds is 3. The Balaban J connectivity index is 1.77. The van der Waals surface area contributed by atoms with Crippen LogP contribution in [-0.4, -0.2) is 35.2 Å². The maximum Gasteiger partial charge on any atom is 0.323 e. The van der Waals surface area contributed by atoms with Gasteiger partial charge in [-0.15, -0.1) is 9.24 Å². The second-order valence-electron chi connectivity index (χ2n) is 6.16. The van der Waals surface area contributed by atoms with Crippen molar-refractivity contribution in [3.63, 3.8) is 0 Å². The molecule has 2 heterocycles. The third-order valence-electron chi connectivity index (χ3n) is 4.19. The minimum Gasteiger partial charge on any atom is -0.396 e. The number of carbonyl (C=O) groups is 1. The van der Waals surface area contributed by atoms with Gasteiger partial charge in [0, 0.05) is 18.3 Å². The Bertz CT molecular complexity index is 889. The van der Waals surface area contributed by atoms with Gasteiger partial charge in [-0.25, -0.2) is 9.78 Å². The number of nitrogen functional groups attached to an aromatic ring is 1. The first-order valence-corrected chi connectivity index (χ1v) is 8.91. The average Bonchev–Trinajstić information content (AvgIpc) is 2.99. The van der Waals surface area contributed by atoms with E-state index >= 15 is 0 Å². The molecule has 7 heteroatoms. The highest BCUT2D eigenvalue weighted by Gasteiger charge is 2.24. The number of carbonyl (C=O) groups excluding carboxylic acids is 1. The number of benzene rings is 1. The molecule has 1 aliphatic rings. The number of nitrogens with two attached hydrogens (primary N) is 1. The highest BCUT2D eigenvalue weighted by molar-refractivity contribution is 7.27. The lowest BCUT2D eigenvalue weighted by molar-refractivity contribution is 0.223. The molecule has 3 N–H and O–H groups in total. The number of anilines is 2. The molecule has 1 atom stereocenters. The number of nitrogens with one attached hydrogen (secondary N) is 1. The summed E-state index contributed by atoms with van der Waals surface area (Å²) in [4.78, 5) is 23.1. The molecule has 0 radical (unpaired) electrons. The van der Waals surface area contributed by atoms with Crippen molar-refractivity contribution in [3.8, 4) is 11.3 Å². The third-order valence-corrected chi connectivity index (χ3v) is 4.58. The highest BCUT2D eigenvalue weighted by Crippen LogP contribution is 2.24. The SMILES string of the molecule is C/C=N\C1=C(C)CN(C(=O)Nc2nc(-c3ccc(P)cc3)ccc2N)C1. The molecule has 1 unspecified atom stereocenters. The van der Waals surface area contributed by atoms with E-state index < -0.39 is 0 Å². The summed E-state index contributed by atoms with van der Waals surface area (Å²) < 4.78 is 0. The van der Waals surface area contributed by atoms with Crippen molar-refractivity contribution >= 4 is 38.3 Å². The van der Waals surface area contributed by atoms with Crippen molar-refractivity contribution in [1.29, 1.82) is 0 Å².